The van der Waals surface area contributed by atoms with Crippen molar-refractivity contribution in [2.75, 3.05) is 6.54 Å². The highest BCUT2D eigenvalue weighted by Crippen LogP contribution is 1.88. The highest BCUT2D eigenvalue weighted by molar-refractivity contribution is 5.49. The van der Waals surface area contributed by atoms with Crippen molar-refractivity contribution in [1.82, 2.24) is 5.32 Å². The van der Waals surface area contributed by atoms with Crippen LogP contribution >= 0.6 is 0 Å². The maximum atomic E-state index is 9.75. The second kappa shape index (κ2) is 7.14. The van der Waals surface area contributed by atoms with E-state index in [1.54, 1.807) is 0 Å². The summed E-state index contributed by atoms with van der Waals surface area (Å²) in [7, 11) is 0. The van der Waals surface area contributed by atoms with Gasteiger partial charge in [0.25, 0.3) is 0 Å². The lowest BCUT2D eigenvalue weighted by atomic mass is 10.2. The van der Waals surface area contributed by atoms with Crippen molar-refractivity contribution in [2.45, 2.75) is 19.3 Å². The average Bonchev–Trinajstić information content (AvgIpc) is 1.89. The van der Waals surface area contributed by atoms with Crippen LogP contribution in [0.5, 0.6) is 0 Å². The molecule has 1 amide bonds. The van der Waals surface area contributed by atoms with Crippen LogP contribution < -0.4 is 5.32 Å². The van der Waals surface area contributed by atoms with E-state index in [2.05, 4.69) is 5.32 Å². The molecule has 0 saturated heterocycles. The number of amides is 1. The average molecular weight is 129 g/mol. The molecule has 52 valence electrons. The van der Waals surface area contributed by atoms with Crippen LogP contribution in [0.1, 0.15) is 19.3 Å². The van der Waals surface area contributed by atoms with Crippen molar-refractivity contribution < 1.29 is 9.59 Å². The summed E-state index contributed by atoms with van der Waals surface area (Å²) in [5.41, 5.74) is 0. The molecule has 0 heterocycles. The molecule has 0 aliphatic carbocycles. The van der Waals surface area contributed by atoms with Gasteiger partial charge in [-0.2, -0.15) is 0 Å². The summed E-state index contributed by atoms with van der Waals surface area (Å²) in [5, 5.41) is 2.51. The minimum Gasteiger partial charge on any atom is -0.359 e. The summed E-state index contributed by atoms with van der Waals surface area (Å²) in [6.07, 6.45) is 3.91. The van der Waals surface area contributed by atoms with Crippen LogP contribution in [0.15, 0.2) is 0 Å². The smallest absolute Gasteiger partial charge is 0.207 e. The predicted octanol–water partition coefficient (Wildman–Crippen LogP) is 0.102. The van der Waals surface area contributed by atoms with Crippen LogP contribution in [0, 0.1) is 0 Å². The van der Waals surface area contributed by atoms with Gasteiger partial charge in [0.05, 0.1) is 0 Å². The minimum absolute atomic E-state index is 0.598. The molecule has 0 aromatic rings. The van der Waals surface area contributed by atoms with Crippen LogP contribution in [-0.4, -0.2) is 19.2 Å². The molecular weight excluding hydrogens is 118 g/mol. The SMILES string of the molecule is O=CCCCCNC=O. The summed E-state index contributed by atoms with van der Waals surface area (Å²) >= 11 is 0. The fourth-order valence-corrected chi connectivity index (χ4v) is 0.514. The molecule has 1 N–H and O–H groups in total. The summed E-state index contributed by atoms with van der Waals surface area (Å²) < 4.78 is 0. The van der Waals surface area contributed by atoms with Crippen molar-refractivity contribution in [3.63, 3.8) is 0 Å². The van der Waals surface area contributed by atoms with E-state index in [4.69, 9.17) is 0 Å². The van der Waals surface area contributed by atoms with E-state index in [1.807, 2.05) is 0 Å². The van der Waals surface area contributed by atoms with E-state index in [9.17, 15) is 9.59 Å². The fraction of sp³-hybridized carbons (Fsp3) is 0.667. The lowest BCUT2D eigenvalue weighted by Crippen LogP contribution is -2.11. The number of carbonyl (C=O) groups excluding carboxylic acids is 2. The van der Waals surface area contributed by atoms with Gasteiger partial charge in [0.2, 0.25) is 6.41 Å². The highest BCUT2D eigenvalue weighted by atomic mass is 16.1. The van der Waals surface area contributed by atoms with E-state index in [0.717, 1.165) is 19.1 Å². The highest BCUT2D eigenvalue weighted by Gasteiger charge is 1.84. The maximum Gasteiger partial charge on any atom is 0.207 e. The topological polar surface area (TPSA) is 46.2 Å². The molecule has 0 aromatic carbocycles. The van der Waals surface area contributed by atoms with Crippen LogP contribution in [0.25, 0.3) is 0 Å². The Balaban J connectivity index is 2.74. The quantitative estimate of drug-likeness (QED) is 0.408. The molecule has 0 fully saturated rings. The zero-order chi connectivity index (χ0) is 6.95. The minimum atomic E-state index is 0.598. The zero-order valence-electron chi connectivity index (χ0n) is 5.30. The number of carbonyl (C=O) groups is 2. The third-order valence-corrected chi connectivity index (χ3v) is 0.976. The monoisotopic (exact) mass is 129 g/mol. The van der Waals surface area contributed by atoms with E-state index in [0.29, 0.717) is 19.4 Å². The van der Waals surface area contributed by atoms with Gasteiger partial charge in [-0.1, -0.05) is 0 Å². The molecule has 9 heavy (non-hydrogen) atoms. The van der Waals surface area contributed by atoms with Gasteiger partial charge in [0.1, 0.15) is 6.29 Å². The predicted molar refractivity (Wildman–Crippen MR) is 34.0 cm³/mol. The first-order valence-electron chi connectivity index (χ1n) is 3.02. The van der Waals surface area contributed by atoms with Crippen LogP contribution in [-0.2, 0) is 9.59 Å². The number of hydrogen-bond acceptors (Lipinski definition) is 2. The van der Waals surface area contributed by atoms with Gasteiger partial charge in [-0.3, -0.25) is 4.79 Å². The van der Waals surface area contributed by atoms with Gasteiger partial charge < -0.3 is 10.1 Å². The van der Waals surface area contributed by atoms with Gasteiger partial charge in [0, 0.05) is 13.0 Å². The Morgan fingerprint density at radius 3 is 2.56 bits per heavy atom. The lowest BCUT2D eigenvalue weighted by Gasteiger charge is -1.93. The third-order valence-electron chi connectivity index (χ3n) is 0.976. The molecule has 0 spiro atoms. The number of aldehydes is 1. The normalized spacial score (nSPS) is 8.44. The van der Waals surface area contributed by atoms with Crippen molar-refractivity contribution in [3.8, 4) is 0 Å². The van der Waals surface area contributed by atoms with E-state index in [1.165, 1.54) is 0 Å². The van der Waals surface area contributed by atoms with Crippen molar-refractivity contribution in [1.29, 1.82) is 0 Å². The van der Waals surface area contributed by atoms with Crippen LogP contribution in [0.4, 0.5) is 0 Å². The van der Waals surface area contributed by atoms with E-state index in [-0.39, 0.29) is 0 Å². The van der Waals surface area contributed by atoms with Gasteiger partial charge in [-0.15, -0.1) is 0 Å². The van der Waals surface area contributed by atoms with Gasteiger partial charge in [-0.25, -0.2) is 0 Å². The summed E-state index contributed by atoms with van der Waals surface area (Å²) in [6, 6.07) is 0. The molecule has 0 atom stereocenters. The zero-order valence-corrected chi connectivity index (χ0v) is 5.30. The van der Waals surface area contributed by atoms with Crippen molar-refractivity contribution in [3.05, 3.63) is 0 Å². The molecule has 0 aliphatic rings. The van der Waals surface area contributed by atoms with Crippen LogP contribution in [0.3, 0.4) is 0 Å². The first kappa shape index (κ1) is 8.14. The second-order valence-corrected chi connectivity index (χ2v) is 1.73. The number of rotatable bonds is 6. The van der Waals surface area contributed by atoms with Crippen LogP contribution in [0.2, 0.25) is 0 Å². The summed E-state index contributed by atoms with van der Waals surface area (Å²) in [4.78, 5) is 19.4. The Kier molecular flexibility index (Phi) is 6.46. The lowest BCUT2D eigenvalue weighted by molar-refractivity contribution is -0.109. The van der Waals surface area contributed by atoms with Gasteiger partial charge >= 0.3 is 0 Å². The molecule has 0 saturated carbocycles. The molecule has 3 nitrogen and oxygen atoms in total. The Hall–Kier alpha value is -0.860. The van der Waals surface area contributed by atoms with E-state index >= 15 is 0 Å². The number of nitrogens with one attached hydrogen (secondary N) is 1. The first-order chi connectivity index (χ1) is 4.41. The fourth-order valence-electron chi connectivity index (χ4n) is 0.514. The third kappa shape index (κ3) is 7.14. The van der Waals surface area contributed by atoms with Gasteiger partial charge in [0.15, 0.2) is 0 Å². The first-order valence-corrected chi connectivity index (χ1v) is 3.02. The molecule has 0 unspecified atom stereocenters. The largest absolute Gasteiger partial charge is 0.359 e. The number of hydrogen-bond donors (Lipinski definition) is 1. The van der Waals surface area contributed by atoms with Crippen molar-refractivity contribution >= 4 is 12.7 Å². The van der Waals surface area contributed by atoms with Crippen molar-refractivity contribution in [2.24, 2.45) is 0 Å². The second-order valence-electron chi connectivity index (χ2n) is 1.73. The van der Waals surface area contributed by atoms with E-state index < -0.39 is 0 Å². The molecule has 0 aromatic heterocycles. The molecule has 0 radical (unpaired) electrons. The molecular formula is C6H11NO2. The molecule has 0 bridgehead atoms. The Morgan fingerprint density at radius 2 is 2.00 bits per heavy atom. The Morgan fingerprint density at radius 1 is 1.22 bits per heavy atom. The molecule has 0 rings (SSSR count). The van der Waals surface area contributed by atoms with Gasteiger partial charge in [-0.05, 0) is 12.8 Å². The Bertz CT molecular complexity index is 73.1. The number of unbranched alkanes of at least 4 members (excludes halogenated alkanes) is 2. The Labute approximate surface area is 54.4 Å². The molecule has 0 aliphatic heterocycles. The maximum absolute atomic E-state index is 9.75. The summed E-state index contributed by atoms with van der Waals surface area (Å²) in [6.45, 7) is 0.678. The summed E-state index contributed by atoms with van der Waals surface area (Å²) in [5.74, 6) is 0. The molecule has 3 heteroatoms. The standard InChI is InChI=1S/C6H11NO2/c8-5-3-1-2-4-7-6-9/h5-6H,1-4H2,(H,7,9).